The lowest BCUT2D eigenvalue weighted by Crippen LogP contribution is -2.62. The van der Waals surface area contributed by atoms with Gasteiger partial charge in [-0.2, -0.15) is 0 Å². The summed E-state index contributed by atoms with van der Waals surface area (Å²) >= 11 is 0. The Bertz CT molecular complexity index is 456. The van der Waals surface area contributed by atoms with Gasteiger partial charge in [0.1, 0.15) is 0 Å². The smallest absolute Gasteiger partial charge is 0.0682 e. The molecule has 1 aliphatic carbocycles. The zero-order valence-electron chi connectivity index (χ0n) is 13.3. The lowest BCUT2D eigenvalue weighted by atomic mass is 9.58. The van der Waals surface area contributed by atoms with Crippen molar-refractivity contribution in [3.63, 3.8) is 0 Å². The number of aromatic nitrogens is 1. The quantitative estimate of drug-likeness (QED) is 0.831. The first-order valence-corrected chi connectivity index (χ1v) is 7.85. The third kappa shape index (κ3) is 4.35. The average Bonchev–Trinajstić information content (AvgIpc) is 2.53. The lowest BCUT2D eigenvalue weighted by molar-refractivity contribution is -0.210. The van der Waals surface area contributed by atoms with Crippen molar-refractivity contribution in [3.05, 3.63) is 30.1 Å². The SMILES string of the molecule is Cl.Cl.NCCO[C@H]1C[C@@H](O)C12CCN(Cc1cccnc1)CC2. The molecule has 0 amide bonds. The molecule has 0 radical (unpaired) electrons. The summed E-state index contributed by atoms with van der Waals surface area (Å²) in [5.41, 5.74) is 6.74. The van der Waals surface area contributed by atoms with Gasteiger partial charge in [0.2, 0.25) is 0 Å². The first-order chi connectivity index (χ1) is 10.2. The van der Waals surface area contributed by atoms with Crippen LogP contribution in [0.15, 0.2) is 24.5 Å². The number of hydrogen-bond donors (Lipinski definition) is 2. The van der Waals surface area contributed by atoms with E-state index >= 15 is 0 Å². The van der Waals surface area contributed by atoms with Gasteiger partial charge in [0.25, 0.3) is 0 Å². The van der Waals surface area contributed by atoms with E-state index in [4.69, 9.17) is 10.5 Å². The normalized spacial score (nSPS) is 26.0. The molecule has 1 aromatic heterocycles. The fraction of sp³-hybridized carbons (Fsp3) is 0.688. The van der Waals surface area contributed by atoms with Gasteiger partial charge in [-0.05, 0) is 37.6 Å². The van der Waals surface area contributed by atoms with Crippen molar-refractivity contribution in [1.29, 1.82) is 0 Å². The highest BCUT2D eigenvalue weighted by Crippen LogP contribution is 2.51. The largest absolute Gasteiger partial charge is 0.392 e. The maximum absolute atomic E-state index is 10.2. The highest BCUT2D eigenvalue weighted by molar-refractivity contribution is 5.85. The summed E-state index contributed by atoms with van der Waals surface area (Å²) < 4.78 is 5.83. The summed E-state index contributed by atoms with van der Waals surface area (Å²) in [7, 11) is 0. The van der Waals surface area contributed by atoms with E-state index in [1.807, 2.05) is 12.3 Å². The van der Waals surface area contributed by atoms with Crippen molar-refractivity contribution in [2.45, 2.75) is 38.0 Å². The third-order valence-corrected chi connectivity index (χ3v) is 5.10. The first kappa shape index (κ1) is 20.6. The Morgan fingerprint density at radius 3 is 2.65 bits per heavy atom. The van der Waals surface area contributed by atoms with Crippen LogP contribution in [-0.2, 0) is 11.3 Å². The summed E-state index contributed by atoms with van der Waals surface area (Å²) in [6, 6.07) is 4.09. The molecule has 1 spiro atoms. The number of halogens is 2. The van der Waals surface area contributed by atoms with E-state index in [1.165, 1.54) is 5.56 Å². The van der Waals surface area contributed by atoms with Gasteiger partial charge in [-0.15, -0.1) is 24.8 Å². The molecule has 2 fully saturated rings. The van der Waals surface area contributed by atoms with E-state index in [0.29, 0.717) is 13.2 Å². The molecule has 5 nitrogen and oxygen atoms in total. The van der Waals surface area contributed by atoms with Crippen LogP contribution in [0.4, 0.5) is 0 Å². The summed E-state index contributed by atoms with van der Waals surface area (Å²) in [4.78, 5) is 6.60. The Hall–Kier alpha value is -0.430. The Kier molecular flexibility index (Phi) is 8.21. The number of pyridine rings is 1. The zero-order chi connectivity index (χ0) is 14.7. The second-order valence-corrected chi connectivity index (χ2v) is 6.27. The summed E-state index contributed by atoms with van der Waals surface area (Å²) in [5, 5.41) is 10.2. The van der Waals surface area contributed by atoms with Crippen molar-refractivity contribution in [2.75, 3.05) is 26.2 Å². The molecule has 3 rings (SSSR count). The van der Waals surface area contributed by atoms with Crippen LogP contribution in [0.3, 0.4) is 0 Å². The van der Waals surface area contributed by atoms with Crippen LogP contribution in [0.25, 0.3) is 0 Å². The monoisotopic (exact) mass is 363 g/mol. The third-order valence-electron chi connectivity index (χ3n) is 5.10. The van der Waals surface area contributed by atoms with Gasteiger partial charge in [0, 0.05) is 37.3 Å². The molecule has 0 unspecified atom stereocenters. The first-order valence-electron chi connectivity index (χ1n) is 7.85. The molecule has 2 heterocycles. The highest BCUT2D eigenvalue weighted by atomic mass is 35.5. The van der Waals surface area contributed by atoms with Crippen molar-refractivity contribution in [3.8, 4) is 0 Å². The highest BCUT2D eigenvalue weighted by Gasteiger charge is 2.55. The topological polar surface area (TPSA) is 71.6 Å². The summed E-state index contributed by atoms with van der Waals surface area (Å²) in [6.45, 7) is 4.10. The predicted molar refractivity (Wildman–Crippen MR) is 95.1 cm³/mol. The molecule has 1 saturated carbocycles. The van der Waals surface area contributed by atoms with Gasteiger partial charge in [0.05, 0.1) is 18.8 Å². The van der Waals surface area contributed by atoms with E-state index in [0.717, 1.165) is 38.9 Å². The minimum atomic E-state index is -0.208. The van der Waals surface area contributed by atoms with Crippen LogP contribution in [-0.4, -0.2) is 53.4 Å². The van der Waals surface area contributed by atoms with Gasteiger partial charge in [-0.3, -0.25) is 9.88 Å². The lowest BCUT2D eigenvalue weighted by Gasteiger charge is -2.56. The fourth-order valence-electron chi connectivity index (χ4n) is 3.70. The number of nitrogens with two attached hydrogens (primary N) is 1. The van der Waals surface area contributed by atoms with Gasteiger partial charge >= 0.3 is 0 Å². The van der Waals surface area contributed by atoms with Crippen molar-refractivity contribution in [2.24, 2.45) is 11.1 Å². The van der Waals surface area contributed by atoms with E-state index in [1.54, 1.807) is 6.20 Å². The number of likely N-dealkylation sites (tertiary alicyclic amines) is 1. The molecule has 23 heavy (non-hydrogen) atoms. The molecule has 1 aliphatic heterocycles. The molecular weight excluding hydrogens is 337 g/mol. The molecule has 132 valence electrons. The maximum Gasteiger partial charge on any atom is 0.0682 e. The zero-order valence-corrected chi connectivity index (χ0v) is 14.9. The van der Waals surface area contributed by atoms with Crippen LogP contribution < -0.4 is 5.73 Å². The fourth-order valence-corrected chi connectivity index (χ4v) is 3.70. The van der Waals surface area contributed by atoms with Crippen LogP contribution >= 0.6 is 24.8 Å². The van der Waals surface area contributed by atoms with Crippen LogP contribution in [0.2, 0.25) is 0 Å². The van der Waals surface area contributed by atoms with E-state index in [-0.39, 0.29) is 42.4 Å². The molecule has 0 aromatic carbocycles. The molecule has 3 N–H and O–H groups in total. The van der Waals surface area contributed by atoms with Crippen molar-refractivity contribution >= 4 is 24.8 Å². The van der Waals surface area contributed by atoms with Gasteiger partial charge < -0.3 is 15.6 Å². The molecule has 2 aliphatic rings. The number of nitrogens with zero attached hydrogens (tertiary/aromatic N) is 2. The molecule has 7 heteroatoms. The standard InChI is InChI=1S/C16H25N3O2.2ClH/c17-5-9-21-15-10-14(20)16(15)3-7-19(8-4-16)12-13-2-1-6-18-11-13;;/h1-2,6,11,14-15,20H,3-5,7-10,12,17H2;2*1H/t14-,15+;;/m1../s1. The Balaban J connectivity index is 0.00000132. The van der Waals surface area contributed by atoms with E-state index in [2.05, 4.69) is 16.0 Å². The van der Waals surface area contributed by atoms with Gasteiger partial charge in [-0.1, -0.05) is 6.07 Å². The number of rotatable bonds is 5. The Morgan fingerprint density at radius 2 is 2.09 bits per heavy atom. The maximum atomic E-state index is 10.2. The minimum absolute atomic E-state index is 0. The van der Waals surface area contributed by atoms with Crippen LogP contribution in [0.1, 0.15) is 24.8 Å². The van der Waals surface area contributed by atoms with Crippen molar-refractivity contribution < 1.29 is 9.84 Å². The van der Waals surface area contributed by atoms with Gasteiger partial charge in [0.15, 0.2) is 0 Å². The minimum Gasteiger partial charge on any atom is -0.392 e. The molecule has 0 bridgehead atoms. The average molecular weight is 364 g/mol. The molecule has 2 atom stereocenters. The number of aliphatic hydroxyl groups is 1. The summed E-state index contributed by atoms with van der Waals surface area (Å²) in [6.07, 6.45) is 6.49. The Morgan fingerprint density at radius 1 is 1.35 bits per heavy atom. The summed E-state index contributed by atoms with van der Waals surface area (Å²) in [5.74, 6) is 0. The number of hydrogen-bond acceptors (Lipinski definition) is 5. The number of aliphatic hydroxyl groups excluding tert-OH is 1. The second-order valence-electron chi connectivity index (χ2n) is 6.27. The molecule has 1 aromatic rings. The van der Waals surface area contributed by atoms with Gasteiger partial charge in [-0.25, -0.2) is 0 Å². The van der Waals surface area contributed by atoms with Crippen molar-refractivity contribution in [1.82, 2.24) is 9.88 Å². The van der Waals surface area contributed by atoms with E-state index < -0.39 is 0 Å². The van der Waals surface area contributed by atoms with Crippen LogP contribution in [0, 0.1) is 5.41 Å². The Labute approximate surface area is 150 Å². The second kappa shape index (κ2) is 9.16. The number of ether oxygens (including phenoxy) is 1. The molecular formula is C16H27Cl2N3O2. The number of piperidine rings is 1. The van der Waals surface area contributed by atoms with Crippen LogP contribution in [0.5, 0.6) is 0 Å². The molecule has 1 saturated heterocycles. The van der Waals surface area contributed by atoms with E-state index in [9.17, 15) is 5.11 Å². The predicted octanol–water partition coefficient (Wildman–Crippen LogP) is 1.62.